The quantitative estimate of drug-likeness (QED) is 0.785. The lowest BCUT2D eigenvalue weighted by molar-refractivity contribution is -0.121. The summed E-state index contributed by atoms with van der Waals surface area (Å²) in [6.45, 7) is 0.610. The average molecular weight is 290 g/mol. The van der Waals surface area contributed by atoms with Crippen LogP contribution >= 0.6 is 0 Å². The van der Waals surface area contributed by atoms with E-state index in [1.54, 1.807) is 30.1 Å². The second kappa shape index (κ2) is 5.73. The van der Waals surface area contributed by atoms with Crippen LogP contribution in [-0.4, -0.2) is 49.6 Å². The molecule has 0 saturated heterocycles. The molecule has 0 bridgehead atoms. The van der Waals surface area contributed by atoms with E-state index in [-0.39, 0.29) is 31.6 Å². The van der Waals surface area contributed by atoms with Gasteiger partial charge in [-0.05, 0) is 38.1 Å². The monoisotopic (exact) mass is 290 g/mol. The predicted molar refractivity (Wildman–Crippen MR) is 75.6 cm³/mol. The summed E-state index contributed by atoms with van der Waals surface area (Å²) >= 11 is 0. The molecule has 2 aliphatic rings. The first-order chi connectivity index (χ1) is 10.1. The number of rotatable bonds is 6. The number of nitrogens with one attached hydrogen (secondary N) is 1. The number of hydrogen-bond acceptors (Lipinski definition) is 5. The van der Waals surface area contributed by atoms with Crippen LogP contribution in [0.5, 0.6) is 11.5 Å². The van der Waals surface area contributed by atoms with Crippen molar-refractivity contribution in [3.8, 4) is 11.5 Å². The van der Waals surface area contributed by atoms with E-state index in [0.29, 0.717) is 23.1 Å². The first-order valence-corrected chi connectivity index (χ1v) is 7.02. The van der Waals surface area contributed by atoms with Gasteiger partial charge in [0.2, 0.25) is 12.7 Å². The maximum atomic E-state index is 12.2. The minimum atomic E-state index is -0.0463. The molecule has 3 rings (SSSR count). The fourth-order valence-electron chi connectivity index (χ4n) is 2.21. The lowest BCUT2D eigenvalue weighted by Crippen LogP contribution is -2.38. The minimum absolute atomic E-state index is 0.0292. The molecule has 21 heavy (non-hydrogen) atoms. The van der Waals surface area contributed by atoms with E-state index in [9.17, 15) is 9.59 Å². The van der Waals surface area contributed by atoms with Crippen LogP contribution in [0.2, 0.25) is 0 Å². The molecule has 1 amide bonds. The van der Waals surface area contributed by atoms with Crippen LogP contribution < -0.4 is 14.8 Å². The predicted octanol–water partition coefficient (Wildman–Crippen LogP) is 0.808. The van der Waals surface area contributed by atoms with Crippen molar-refractivity contribution in [2.24, 2.45) is 0 Å². The number of ether oxygens (including phenoxy) is 2. The molecule has 0 spiro atoms. The SMILES string of the molecule is CN(CC(=O)NC1CC1)CC(=O)c1ccc2c(c1)OCO2. The number of likely N-dealkylation sites (N-methyl/N-ethyl adjacent to an activating group) is 1. The summed E-state index contributed by atoms with van der Waals surface area (Å²) in [5.41, 5.74) is 0.564. The number of nitrogens with zero attached hydrogens (tertiary/aromatic N) is 1. The molecule has 0 aromatic heterocycles. The summed E-state index contributed by atoms with van der Waals surface area (Å²) in [6, 6.07) is 5.47. The van der Waals surface area contributed by atoms with Gasteiger partial charge in [-0.3, -0.25) is 14.5 Å². The maximum absolute atomic E-state index is 12.2. The van der Waals surface area contributed by atoms with Crippen molar-refractivity contribution in [2.45, 2.75) is 18.9 Å². The van der Waals surface area contributed by atoms with Gasteiger partial charge in [0.25, 0.3) is 0 Å². The molecule has 0 unspecified atom stereocenters. The van der Waals surface area contributed by atoms with E-state index in [0.717, 1.165) is 12.8 Å². The standard InChI is InChI=1S/C15H18N2O4/c1-17(8-15(19)16-11-3-4-11)7-12(18)10-2-5-13-14(6-10)21-9-20-13/h2,5-6,11H,3-4,7-9H2,1H3,(H,16,19). The number of carbonyl (C=O) groups is 2. The third kappa shape index (κ3) is 3.52. The number of carbonyl (C=O) groups excluding carboxylic acids is 2. The summed E-state index contributed by atoms with van der Waals surface area (Å²) in [5, 5.41) is 2.90. The zero-order valence-electron chi connectivity index (χ0n) is 11.9. The topological polar surface area (TPSA) is 67.9 Å². The molecule has 6 heteroatoms. The molecule has 1 heterocycles. The highest BCUT2D eigenvalue weighted by atomic mass is 16.7. The Morgan fingerprint density at radius 1 is 1.24 bits per heavy atom. The van der Waals surface area contributed by atoms with Crippen molar-refractivity contribution in [1.82, 2.24) is 10.2 Å². The molecule has 6 nitrogen and oxygen atoms in total. The largest absolute Gasteiger partial charge is 0.454 e. The third-order valence-corrected chi connectivity index (χ3v) is 3.46. The van der Waals surface area contributed by atoms with Crippen LogP contribution in [0.1, 0.15) is 23.2 Å². The first-order valence-electron chi connectivity index (χ1n) is 7.02. The van der Waals surface area contributed by atoms with E-state index >= 15 is 0 Å². The Balaban J connectivity index is 1.53. The summed E-state index contributed by atoms with van der Waals surface area (Å²) in [7, 11) is 1.76. The van der Waals surface area contributed by atoms with Gasteiger partial charge in [0.05, 0.1) is 13.1 Å². The second-order valence-electron chi connectivity index (χ2n) is 5.51. The summed E-state index contributed by atoms with van der Waals surface area (Å²) in [4.78, 5) is 25.6. The van der Waals surface area contributed by atoms with Gasteiger partial charge < -0.3 is 14.8 Å². The van der Waals surface area contributed by atoms with E-state index in [4.69, 9.17) is 9.47 Å². The van der Waals surface area contributed by atoms with Crippen LogP contribution in [0.3, 0.4) is 0 Å². The molecule has 0 atom stereocenters. The van der Waals surface area contributed by atoms with E-state index in [2.05, 4.69) is 5.32 Å². The molecular weight excluding hydrogens is 272 g/mol. The van der Waals surface area contributed by atoms with Gasteiger partial charge in [-0.25, -0.2) is 0 Å². The van der Waals surface area contributed by atoms with Gasteiger partial charge in [0, 0.05) is 11.6 Å². The highest BCUT2D eigenvalue weighted by Gasteiger charge is 2.24. The van der Waals surface area contributed by atoms with Gasteiger partial charge in [-0.2, -0.15) is 0 Å². The molecule has 1 N–H and O–H groups in total. The number of Topliss-reactive ketones (excluding diaryl/α,β-unsaturated/α-hetero) is 1. The fourth-order valence-corrected chi connectivity index (χ4v) is 2.21. The van der Waals surface area contributed by atoms with Crippen molar-refractivity contribution in [3.63, 3.8) is 0 Å². The molecule has 0 radical (unpaired) electrons. The van der Waals surface area contributed by atoms with Crippen molar-refractivity contribution in [1.29, 1.82) is 0 Å². The number of benzene rings is 1. The van der Waals surface area contributed by atoms with Crippen molar-refractivity contribution < 1.29 is 19.1 Å². The molecule has 1 aromatic carbocycles. The fraction of sp³-hybridized carbons (Fsp3) is 0.467. The van der Waals surface area contributed by atoms with Gasteiger partial charge >= 0.3 is 0 Å². The molecule has 1 aromatic rings. The highest BCUT2D eigenvalue weighted by Crippen LogP contribution is 2.32. The number of hydrogen-bond donors (Lipinski definition) is 1. The van der Waals surface area contributed by atoms with E-state index in [1.165, 1.54) is 0 Å². The van der Waals surface area contributed by atoms with Crippen LogP contribution in [0.15, 0.2) is 18.2 Å². The second-order valence-corrected chi connectivity index (χ2v) is 5.51. The molecule has 1 fully saturated rings. The molecule has 1 aliphatic carbocycles. The van der Waals surface area contributed by atoms with Crippen molar-refractivity contribution >= 4 is 11.7 Å². The van der Waals surface area contributed by atoms with E-state index in [1.807, 2.05) is 0 Å². The normalized spacial score (nSPS) is 16.1. The van der Waals surface area contributed by atoms with Gasteiger partial charge in [0.1, 0.15) is 0 Å². The Morgan fingerprint density at radius 3 is 2.76 bits per heavy atom. The number of ketones is 1. The molecule has 112 valence electrons. The summed E-state index contributed by atoms with van der Waals surface area (Å²) < 4.78 is 10.5. The Morgan fingerprint density at radius 2 is 2.00 bits per heavy atom. The molecular formula is C15H18N2O4. The first kappa shape index (κ1) is 13.9. The van der Waals surface area contributed by atoms with Crippen LogP contribution in [0, 0.1) is 0 Å². The van der Waals surface area contributed by atoms with Crippen LogP contribution in [-0.2, 0) is 4.79 Å². The lowest BCUT2D eigenvalue weighted by atomic mass is 10.1. The Labute approximate surface area is 123 Å². The average Bonchev–Trinajstić information content (AvgIpc) is 3.12. The Kier molecular flexibility index (Phi) is 3.79. The third-order valence-electron chi connectivity index (χ3n) is 3.46. The zero-order valence-corrected chi connectivity index (χ0v) is 11.9. The van der Waals surface area contributed by atoms with Crippen molar-refractivity contribution in [2.75, 3.05) is 26.9 Å². The Hall–Kier alpha value is -2.08. The lowest BCUT2D eigenvalue weighted by Gasteiger charge is -2.15. The highest BCUT2D eigenvalue weighted by molar-refractivity contribution is 5.98. The van der Waals surface area contributed by atoms with Gasteiger partial charge in [-0.15, -0.1) is 0 Å². The zero-order chi connectivity index (χ0) is 14.8. The number of fused-ring (bicyclic) bond motifs is 1. The Bertz CT molecular complexity index is 569. The van der Waals surface area contributed by atoms with Crippen molar-refractivity contribution in [3.05, 3.63) is 23.8 Å². The minimum Gasteiger partial charge on any atom is -0.454 e. The maximum Gasteiger partial charge on any atom is 0.234 e. The molecule has 1 aliphatic heterocycles. The van der Waals surface area contributed by atoms with Crippen LogP contribution in [0.4, 0.5) is 0 Å². The smallest absolute Gasteiger partial charge is 0.234 e. The number of amides is 1. The van der Waals surface area contributed by atoms with Gasteiger partial charge in [0.15, 0.2) is 17.3 Å². The van der Waals surface area contributed by atoms with Crippen LogP contribution in [0.25, 0.3) is 0 Å². The summed E-state index contributed by atoms with van der Waals surface area (Å²) in [6.07, 6.45) is 2.12. The molecule has 1 saturated carbocycles. The summed E-state index contributed by atoms with van der Waals surface area (Å²) in [5.74, 6) is 1.17. The van der Waals surface area contributed by atoms with Gasteiger partial charge in [-0.1, -0.05) is 0 Å². The van der Waals surface area contributed by atoms with E-state index < -0.39 is 0 Å².